The van der Waals surface area contributed by atoms with Gasteiger partial charge in [-0.3, -0.25) is 0 Å². The molecule has 2 aromatic carbocycles. The normalized spacial score (nSPS) is 10.8. The van der Waals surface area contributed by atoms with Gasteiger partial charge in [0.15, 0.2) is 0 Å². The van der Waals surface area contributed by atoms with E-state index in [-0.39, 0.29) is 0 Å². The first-order chi connectivity index (χ1) is 9.28. The van der Waals surface area contributed by atoms with E-state index in [1.54, 1.807) is 0 Å². The zero-order valence-corrected chi connectivity index (χ0v) is 11.1. The third kappa shape index (κ3) is 2.19. The first-order valence-electron chi connectivity index (χ1n) is 6.46. The molecular formula is C16H16N2O. The third-order valence-corrected chi connectivity index (χ3v) is 3.15. The molecule has 1 aromatic heterocycles. The number of nitrogens with one attached hydrogen (secondary N) is 1. The average molecular weight is 252 g/mol. The van der Waals surface area contributed by atoms with Gasteiger partial charge in [0.1, 0.15) is 11.6 Å². The minimum Gasteiger partial charge on any atom is -0.494 e. The fourth-order valence-electron chi connectivity index (χ4n) is 2.15. The van der Waals surface area contributed by atoms with Crippen LogP contribution in [0.4, 0.5) is 0 Å². The number of aromatic amines is 1. The summed E-state index contributed by atoms with van der Waals surface area (Å²) in [6.45, 7) is 4.71. The highest BCUT2D eigenvalue weighted by Gasteiger charge is 2.07. The summed E-state index contributed by atoms with van der Waals surface area (Å²) in [4.78, 5) is 7.94. The molecule has 3 heteroatoms. The standard InChI is InChI=1S/C16H16N2O/c1-3-19-15-10-12(9-8-11(15)2)16-17-13-6-4-5-7-14(13)18-16/h4-10H,3H2,1-2H3,(H,17,18). The van der Waals surface area contributed by atoms with E-state index < -0.39 is 0 Å². The molecule has 96 valence electrons. The molecule has 0 spiro atoms. The number of rotatable bonds is 3. The van der Waals surface area contributed by atoms with Crippen LogP contribution >= 0.6 is 0 Å². The predicted molar refractivity (Wildman–Crippen MR) is 77.4 cm³/mol. The molecule has 0 saturated carbocycles. The molecule has 0 atom stereocenters. The molecule has 3 nitrogen and oxygen atoms in total. The highest BCUT2D eigenvalue weighted by atomic mass is 16.5. The number of imidazole rings is 1. The fourth-order valence-corrected chi connectivity index (χ4v) is 2.15. The summed E-state index contributed by atoms with van der Waals surface area (Å²) in [6.07, 6.45) is 0. The van der Waals surface area contributed by atoms with E-state index in [4.69, 9.17) is 4.74 Å². The molecule has 0 amide bonds. The molecule has 0 aliphatic heterocycles. The quantitative estimate of drug-likeness (QED) is 0.766. The van der Waals surface area contributed by atoms with Crippen molar-refractivity contribution in [2.75, 3.05) is 6.61 Å². The number of fused-ring (bicyclic) bond motifs is 1. The van der Waals surface area contributed by atoms with Gasteiger partial charge in [-0.1, -0.05) is 24.3 Å². The van der Waals surface area contributed by atoms with E-state index in [0.29, 0.717) is 6.61 Å². The lowest BCUT2D eigenvalue weighted by Crippen LogP contribution is -1.94. The summed E-state index contributed by atoms with van der Waals surface area (Å²) in [6, 6.07) is 14.2. The van der Waals surface area contributed by atoms with Crippen molar-refractivity contribution in [3.8, 4) is 17.1 Å². The number of nitrogens with zero attached hydrogens (tertiary/aromatic N) is 1. The van der Waals surface area contributed by atoms with Crippen LogP contribution in [0.25, 0.3) is 22.4 Å². The van der Waals surface area contributed by atoms with Crippen molar-refractivity contribution < 1.29 is 4.74 Å². The van der Waals surface area contributed by atoms with Gasteiger partial charge >= 0.3 is 0 Å². The Morgan fingerprint density at radius 2 is 2.00 bits per heavy atom. The first kappa shape index (κ1) is 11.8. The minimum absolute atomic E-state index is 0.671. The van der Waals surface area contributed by atoms with E-state index in [9.17, 15) is 0 Å². The monoisotopic (exact) mass is 252 g/mol. The maximum Gasteiger partial charge on any atom is 0.138 e. The topological polar surface area (TPSA) is 37.9 Å². The lowest BCUT2D eigenvalue weighted by Gasteiger charge is -2.08. The van der Waals surface area contributed by atoms with Crippen molar-refractivity contribution in [1.82, 2.24) is 9.97 Å². The number of aryl methyl sites for hydroxylation is 1. The van der Waals surface area contributed by atoms with Crippen molar-refractivity contribution in [2.24, 2.45) is 0 Å². The Labute approximate surface area is 112 Å². The highest BCUT2D eigenvalue weighted by molar-refractivity contribution is 5.79. The lowest BCUT2D eigenvalue weighted by atomic mass is 10.1. The van der Waals surface area contributed by atoms with Crippen LogP contribution in [0.1, 0.15) is 12.5 Å². The van der Waals surface area contributed by atoms with E-state index in [0.717, 1.165) is 33.7 Å². The Morgan fingerprint density at radius 3 is 2.79 bits per heavy atom. The van der Waals surface area contributed by atoms with Crippen molar-refractivity contribution >= 4 is 11.0 Å². The summed E-state index contributed by atoms with van der Waals surface area (Å²) in [5.41, 5.74) is 4.22. The van der Waals surface area contributed by atoms with Crippen LogP contribution < -0.4 is 4.74 Å². The Morgan fingerprint density at radius 1 is 1.16 bits per heavy atom. The molecule has 0 aliphatic rings. The predicted octanol–water partition coefficient (Wildman–Crippen LogP) is 3.94. The van der Waals surface area contributed by atoms with Crippen LogP contribution in [0.3, 0.4) is 0 Å². The molecule has 1 heterocycles. The molecule has 3 rings (SSSR count). The summed E-state index contributed by atoms with van der Waals surface area (Å²) in [7, 11) is 0. The molecule has 0 saturated heterocycles. The van der Waals surface area contributed by atoms with Gasteiger partial charge in [0.05, 0.1) is 17.6 Å². The molecule has 0 bridgehead atoms. The van der Waals surface area contributed by atoms with E-state index >= 15 is 0 Å². The van der Waals surface area contributed by atoms with Gasteiger partial charge in [0, 0.05) is 5.56 Å². The number of H-pyrrole nitrogens is 1. The fraction of sp³-hybridized carbons (Fsp3) is 0.188. The Kier molecular flexibility index (Phi) is 2.95. The molecule has 0 unspecified atom stereocenters. The molecule has 19 heavy (non-hydrogen) atoms. The summed E-state index contributed by atoms with van der Waals surface area (Å²) >= 11 is 0. The van der Waals surface area contributed by atoms with Crippen molar-refractivity contribution in [2.45, 2.75) is 13.8 Å². The van der Waals surface area contributed by atoms with Crippen LogP contribution in [0, 0.1) is 6.92 Å². The SMILES string of the molecule is CCOc1cc(-c2nc3ccccc3[nH]2)ccc1C. The van der Waals surface area contributed by atoms with E-state index in [1.165, 1.54) is 0 Å². The van der Waals surface area contributed by atoms with Crippen LogP contribution in [-0.4, -0.2) is 16.6 Å². The van der Waals surface area contributed by atoms with Gasteiger partial charge in [-0.15, -0.1) is 0 Å². The molecule has 0 fully saturated rings. The number of aromatic nitrogens is 2. The van der Waals surface area contributed by atoms with E-state index in [2.05, 4.69) is 22.1 Å². The smallest absolute Gasteiger partial charge is 0.138 e. The van der Waals surface area contributed by atoms with E-state index in [1.807, 2.05) is 44.2 Å². The second kappa shape index (κ2) is 4.76. The number of benzene rings is 2. The zero-order valence-electron chi connectivity index (χ0n) is 11.1. The summed E-state index contributed by atoms with van der Waals surface area (Å²) < 4.78 is 5.63. The molecule has 0 aliphatic carbocycles. The molecule has 1 N–H and O–H groups in total. The Balaban J connectivity index is 2.08. The number of hydrogen-bond donors (Lipinski definition) is 1. The largest absolute Gasteiger partial charge is 0.494 e. The highest BCUT2D eigenvalue weighted by Crippen LogP contribution is 2.26. The number of hydrogen-bond acceptors (Lipinski definition) is 2. The molecular weight excluding hydrogens is 236 g/mol. The van der Waals surface area contributed by atoms with Crippen LogP contribution in [0.2, 0.25) is 0 Å². The van der Waals surface area contributed by atoms with Crippen LogP contribution in [0.15, 0.2) is 42.5 Å². The lowest BCUT2D eigenvalue weighted by molar-refractivity contribution is 0.338. The second-order valence-electron chi connectivity index (χ2n) is 4.52. The maximum atomic E-state index is 5.63. The van der Waals surface area contributed by atoms with Crippen molar-refractivity contribution in [3.63, 3.8) is 0 Å². The van der Waals surface area contributed by atoms with Gasteiger partial charge in [0.25, 0.3) is 0 Å². The number of para-hydroxylation sites is 2. The van der Waals surface area contributed by atoms with Crippen molar-refractivity contribution in [1.29, 1.82) is 0 Å². The average Bonchev–Trinajstić information content (AvgIpc) is 2.85. The van der Waals surface area contributed by atoms with Crippen LogP contribution in [-0.2, 0) is 0 Å². The summed E-state index contributed by atoms with van der Waals surface area (Å²) in [5, 5.41) is 0. The molecule has 0 radical (unpaired) electrons. The molecule has 3 aromatic rings. The Bertz CT molecular complexity index is 683. The first-order valence-corrected chi connectivity index (χ1v) is 6.46. The van der Waals surface area contributed by atoms with Gasteiger partial charge in [0.2, 0.25) is 0 Å². The van der Waals surface area contributed by atoms with Gasteiger partial charge in [-0.25, -0.2) is 4.98 Å². The third-order valence-electron chi connectivity index (χ3n) is 3.15. The van der Waals surface area contributed by atoms with Gasteiger partial charge in [-0.2, -0.15) is 0 Å². The Hall–Kier alpha value is -2.29. The summed E-state index contributed by atoms with van der Waals surface area (Å²) in [5.74, 6) is 1.79. The van der Waals surface area contributed by atoms with Crippen LogP contribution in [0.5, 0.6) is 5.75 Å². The second-order valence-corrected chi connectivity index (χ2v) is 4.52. The van der Waals surface area contributed by atoms with Gasteiger partial charge in [-0.05, 0) is 37.6 Å². The van der Waals surface area contributed by atoms with Gasteiger partial charge < -0.3 is 9.72 Å². The number of ether oxygens (including phenoxy) is 1. The maximum absolute atomic E-state index is 5.63. The van der Waals surface area contributed by atoms with Crippen molar-refractivity contribution in [3.05, 3.63) is 48.0 Å². The minimum atomic E-state index is 0.671. The zero-order chi connectivity index (χ0) is 13.2.